The second kappa shape index (κ2) is 6.34. The Morgan fingerprint density at radius 2 is 1.95 bits per heavy atom. The Morgan fingerprint density at radius 3 is 2.58 bits per heavy atom. The zero-order chi connectivity index (χ0) is 13.8. The van der Waals surface area contributed by atoms with Gasteiger partial charge >= 0.3 is 0 Å². The zero-order valence-corrected chi connectivity index (χ0v) is 12.1. The molecule has 0 saturated carbocycles. The number of nitrogens with one attached hydrogen (secondary N) is 1. The Bertz CT molecular complexity index is 425. The second-order valence-corrected chi connectivity index (χ2v) is 5.35. The van der Waals surface area contributed by atoms with Crippen molar-refractivity contribution in [3.8, 4) is 0 Å². The Balaban J connectivity index is 2.12. The summed E-state index contributed by atoms with van der Waals surface area (Å²) in [7, 11) is 0. The minimum atomic E-state index is 0.0647. The van der Waals surface area contributed by atoms with Gasteiger partial charge in [-0.15, -0.1) is 0 Å². The van der Waals surface area contributed by atoms with Crippen LogP contribution in [0.1, 0.15) is 26.7 Å². The molecular formula is C12H20ClN5O. The van der Waals surface area contributed by atoms with Crippen LogP contribution in [-0.2, 0) is 0 Å². The molecule has 19 heavy (non-hydrogen) atoms. The van der Waals surface area contributed by atoms with Crippen molar-refractivity contribution >= 4 is 23.5 Å². The SMILES string of the molecule is CC(CO)C(C)Nc1nc(Cl)nc(N2CCCC2)n1. The smallest absolute Gasteiger partial charge is 0.231 e. The fraction of sp³-hybridized carbons (Fsp3) is 0.750. The molecule has 106 valence electrons. The van der Waals surface area contributed by atoms with Crippen molar-refractivity contribution in [3.63, 3.8) is 0 Å². The van der Waals surface area contributed by atoms with Crippen molar-refractivity contribution in [2.45, 2.75) is 32.7 Å². The lowest BCUT2D eigenvalue weighted by atomic mass is 10.1. The van der Waals surface area contributed by atoms with E-state index < -0.39 is 0 Å². The molecule has 0 radical (unpaired) electrons. The molecule has 1 aromatic heterocycles. The molecule has 0 amide bonds. The molecule has 2 N–H and O–H groups in total. The first-order valence-electron chi connectivity index (χ1n) is 6.64. The van der Waals surface area contributed by atoms with Gasteiger partial charge in [0.1, 0.15) is 0 Å². The van der Waals surface area contributed by atoms with Crippen LogP contribution in [0.3, 0.4) is 0 Å². The van der Waals surface area contributed by atoms with Gasteiger partial charge in [0.05, 0.1) is 0 Å². The van der Waals surface area contributed by atoms with Crippen LogP contribution in [0.2, 0.25) is 5.28 Å². The lowest BCUT2D eigenvalue weighted by molar-refractivity contribution is 0.226. The highest BCUT2D eigenvalue weighted by molar-refractivity contribution is 6.28. The molecule has 2 atom stereocenters. The van der Waals surface area contributed by atoms with Gasteiger partial charge in [-0.2, -0.15) is 15.0 Å². The Kier molecular flexibility index (Phi) is 4.76. The summed E-state index contributed by atoms with van der Waals surface area (Å²) in [6, 6.07) is 0.0647. The molecule has 6 nitrogen and oxygen atoms in total. The minimum absolute atomic E-state index is 0.0647. The molecule has 7 heteroatoms. The van der Waals surface area contributed by atoms with Crippen LogP contribution in [0, 0.1) is 5.92 Å². The van der Waals surface area contributed by atoms with Gasteiger partial charge in [0, 0.05) is 25.7 Å². The van der Waals surface area contributed by atoms with Crippen LogP contribution in [-0.4, -0.2) is 45.8 Å². The fourth-order valence-electron chi connectivity index (χ4n) is 1.97. The average Bonchev–Trinajstić information content (AvgIpc) is 2.90. The quantitative estimate of drug-likeness (QED) is 0.855. The van der Waals surface area contributed by atoms with E-state index in [2.05, 4.69) is 25.2 Å². The highest BCUT2D eigenvalue weighted by atomic mass is 35.5. The molecule has 1 saturated heterocycles. The largest absolute Gasteiger partial charge is 0.396 e. The molecule has 0 spiro atoms. The average molecular weight is 286 g/mol. The number of aliphatic hydroxyl groups is 1. The molecule has 2 heterocycles. The highest BCUT2D eigenvalue weighted by Gasteiger charge is 2.18. The molecule has 0 aliphatic carbocycles. The van der Waals surface area contributed by atoms with E-state index in [4.69, 9.17) is 16.7 Å². The Hall–Kier alpha value is -1.14. The highest BCUT2D eigenvalue weighted by Crippen LogP contribution is 2.19. The van der Waals surface area contributed by atoms with E-state index in [9.17, 15) is 0 Å². The molecule has 0 aromatic carbocycles. The number of anilines is 2. The third-order valence-corrected chi connectivity index (χ3v) is 3.65. The number of nitrogens with zero attached hydrogens (tertiary/aromatic N) is 4. The van der Waals surface area contributed by atoms with Crippen LogP contribution >= 0.6 is 11.6 Å². The van der Waals surface area contributed by atoms with Gasteiger partial charge in [0.2, 0.25) is 17.2 Å². The van der Waals surface area contributed by atoms with E-state index in [1.54, 1.807) is 0 Å². The topological polar surface area (TPSA) is 74.2 Å². The third kappa shape index (κ3) is 3.67. The van der Waals surface area contributed by atoms with Crippen molar-refractivity contribution in [3.05, 3.63) is 5.28 Å². The Morgan fingerprint density at radius 1 is 1.26 bits per heavy atom. The summed E-state index contributed by atoms with van der Waals surface area (Å²) < 4.78 is 0. The molecule has 2 unspecified atom stereocenters. The van der Waals surface area contributed by atoms with E-state index in [0.717, 1.165) is 25.9 Å². The normalized spacial score (nSPS) is 18.4. The molecule has 1 aliphatic heterocycles. The maximum absolute atomic E-state index is 9.14. The fourth-order valence-corrected chi connectivity index (χ4v) is 2.12. The van der Waals surface area contributed by atoms with Crippen LogP contribution in [0.25, 0.3) is 0 Å². The summed E-state index contributed by atoms with van der Waals surface area (Å²) in [5.74, 6) is 1.21. The standard InChI is InChI=1S/C12H20ClN5O/c1-8(7-19)9(2)14-11-15-10(13)16-12(17-11)18-5-3-4-6-18/h8-9,19H,3-7H2,1-2H3,(H,14,15,16,17). The van der Waals surface area contributed by atoms with E-state index in [1.165, 1.54) is 0 Å². The van der Waals surface area contributed by atoms with Crippen LogP contribution in [0.5, 0.6) is 0 Å². The van der Waals surface area contributed by atoms with E-state index in [-0.39, 0.29) is 23.9 Å². The third-order valence-electron chi connectivity index (χ3n) is 3.48. The van der Waals surface area contributed by atoms with Gasteiger partial charge in [0.25, 0.3) is 0 Å². The molecule has 1 aromatic rings. The minimum Gasteiger partial charge on any atom is -0.396 e. The number of hydrogen-bond acceptors (Lipinski definition) is 6. The summed E-state index contributed by atoms with van der Waals surface area (Å²) in [5, 5.41) is 12.5. The molecule has 2 rings (SSSR count). The number of rotatable bonds is 5. The first kappa shape index (κ1) is 14.3. The van der Waals surface area contributed by atoms with Crippen LogP contribution in [0.15, 0.2) is 0 Å². The van der Waals surface area contributed by atoms with Gasteiger partial charge in [-0.1, -0.05) is 6.92 Å². The van der Waals surface area contributed by atoms with Crippen molar-refractivity contribution < 1.29 is 5.11 Å². The summed E-state index contributed by atoms with van der Waals surface area (Å²) in [6.07, 6.45) is 2.31. The number of aromatic nitrogens is 3. The molecular weight excluding hydrogens is 266 g/mol. The van der Waals surface area contributed by atoms with Crippen molar-refractivity contribution in [2.24, 2.45) is 5.92 Å². The van der Waals surface area contributed by atoms with Crippen molar-refractivity contribution in [1.29, 1.82) is 0 Å². The molecule has 1 aliphatic rings. The van der Waals surface area contributed by atoms with Gasteiger partial charge in [-0.05, 0) is 37.3 Å². The van der Waals surface area contributed by atoms with Gasteiger partial charge in [0.15, 0.2) is 0 Å². The monoisotopic (exact) mass is 285 g/mol. The number of hydrogen-bond donors (Lipinski definition) is 2. The van der Waals surface area contributed by atoms with E-state index >= 15 is 0 Å². The van der Waals surface area contributed by atoms with E-state index in [0.29, 0.717) is 11.9 Å². The van der Waals surface area contributed by atoms with Gasteiger partial charge in [-0.3, -0.25) is 0 Å². The zero-order valence-electron chi connectivity index (χ0n) is 11.3. The summed E-state index contributed by atoms with van der Waals surface area (Å²) in [6.45, 7) is 5.98. The predicted octanol–water partition coefficient (Wildman–Crippen LogP) is 1.55. The number of aliphatic hydroxyl groups excluding tert-OH is 1. The van der Waals surface area contributed by atoms with Crippen molar-refractivity contribution in [1.82, 2.24) is 15.0 Å². The summed E-state index contributed by atoms with van der Waals surface area (Å²) in [5.41, 5.74) is 0. The Labute approximate surface area is 118 Å². The van der Waals surface area contributed by atoms with Gasteiger partial charge < -0.3 is 15.3 Å². The van der Waals surface area contributed by atoms with E-state index in [1.807, 2.05) is 13.8 Å². The maximum atomic E-state index is 9.14. The maximum Gasteiger partial charge on any atom is 0.231 e. The summed E-state index contributed by atoms with van der Waals surface area (Å²) in [4.78, 5) is 14.8. The number of halogens is 1. The molecule has 1 fully saturated rings. The van der Waals surface area contributed by atoms with Crippen molar-refractivity contribution in [2.75, 3.05) is 29.9 Å². The van der Waals surface area contributed by atoms with Crippen LogP contribution in [0.4, 0.5) is 11.9 Å². The lowest BCUT2D eigenvalue weighted by Gasteiger charge is -2.20. The first-order chi connectivity index (χ1) is 9.10. The second-order valence-electron chi connectivity index (χ2n) is 5.02. The molecule has 0 bridgehead atoms. The predicted molar refractivity (Wildman–Crippen MR) is 75.6 cm³/mol. The summed E-state index contributed by atoms with van der Waals surface area (Å²) >= 11 is 5.95. The van der Waals surface area contributed by atoms with Gasteiger partial charge in [-0.25, -0.2) is 0 Å². The lowest BCUT2D eigenvalue weighted by Crippen LogP contribution is -2.28. The van der Waals surface area contributed by atoms with Crippen LogP contribution < -0.4 is 10.2 Å². The first-order valence-corrected chi connectivity index (χ1v) is 7.02.